The molecule has 3 heterocycles. The van der Waals surface area contributed by atoms with E-state index in [-0.39, 0.29) is 22.2 Å². The number of amides is 2. The van der Waals surface area contributed by atoms with E-state index in [0.29, 0.717) is 66.0 Å². The number of carbonyl (C=O) groups excluding carboxylic acids is 2. The Bertz CT molecular complexity index is 1490. The van der Waals surface area contributed by atoms with Crippen molar-refractivity contribution < 1.29 is 32.2 Å². The van der Waals surface area contributed by atoms with Crippen LogP contribution in [0.4, 0.5) is 5.13 Å². The third kappa shape index (κ3) is 6.45. The largest absolute Gasteiger partial charge is 0.445 e. The highest BCUT2D eigenvalue weighted by Crippen LogP contribution is 2.35. The number of hydrogen-bond acceptors (Lipinski definition) is 9. The number of nitrogens with zero attached hydrogens (tertiary/aromatic N) is 2. The number of sulfone groups is 1. The van der Waals surface area contributed by atoms with Gasteiger partial charge in [-0.05, 0) is 74.1 Å². The second-order valence-electron chi connectivity index (χ2n) is 10.4. The maximum Gasteiger partial charge on any atom is 0.259 e. The third-order valence-corrected chi connectivity index (χ3v) is 10.5. The fraction of sp³-hybridized carbons (Fsp3) is 0.414. The second-order valence-corrected chi connectivity index (χ2v) is 13.6. The summed E-state index contributed by atoms with van der Waals surface area (Å²) in [7, 11) is -3.34. The van der Waals surface area contributed by atoms with Crippen LogP contribution in [0.25, 0.3) is 0 Å². The van der Waals surface area contributed by atoms with Crippen LogP contribution in [0.2, 0.25) is 0 Å². The molecule has 1 unspecified atom stereocenters. The van der Waals surface area contributed by atoms with Crippen LogP contribution in [0.3, 0.4) is 0 Å². The van der Waals surface area contributed by atoms with Gasteiger partial charge in [-0.15, -0.1) is 0 Å². The van der Waals surface area contributed by atoms with Gasteiger partial charge in [0.2, 0.25) is 5.06 Å². The average Bonchev–Trinajstić information content (AvgIpc) is 3.74. The standard InChI is InChI=1S/C29H31N3O7S2/c33-27(31-29-30-18-25(40-29)38-21-6-2-20(3-7-21)28(34)32-14-1-15-32)26(39-22-12-16-37-17-13-22)19-4-8-23(9-5-19)41(35,36)24-10-11-24/h2-9,18,22,24,26H,1,10-17H2,(H,30,31,33). The van der Waals surface area contributed by atoms with Crippen molar-refractivity contribution >= 4 is 38.1 Å². The lowest BCUT2D eigenvalue weighted by molar-refractivity contribution is -0.136. The summed E-state index contributed by atoms with van der Waals surface area (Å²) in [5.74, 6) is 0.153. The van der Waals surface area contributed by atoms with E-state index in [4.69, 9.17) is 14.2 Å². The molecule has 10 nitrogen and oxygen atoms in total. The van der Waals surface area contributed by atoms with Crippen LogP contribution in [0, 0.1) is 0 Å². The maximum absolute atomic E-state index is 13.4. The van der Waals surface area contributed by atoms with Crippen molar-refractivity contribution in [3.8, 4) is 10.8 Å². The Morgan fingerprint density at radius 3 is 2.34 bits per heavy atom. The molecule has 1 aromatic heterocycles. The van der Waals surface area contributed by atoms with Gasteiger partial charge in [0, 0.05) is 31.9 Å². The summed E-state index contributed by atoms with van der Waals surface area (Å²) in [6.07, 6.45) is 4.13. The van der Waals surface area contributed by atoms with Crippen molar-refractivity contribution in [1.82, 2.24) is 9.88 Å². The lowest BCUT2D eigenvalue weighted by atomic mass is 10.1. The summed E-state index contributed by atoms with van der Waals surface area (Å²) >= 11 is 1.16. The minimum atomic E-state index is -3.34. The van der Waals surface area contributed by atoms with E-state index in [9.17, 15) is 18.0 Å². The predicted molar refractivity (Wildman–Crippen MR) is 152 cm³/mol. The number of thiazole rings is 1. The zero-order valence-electron chi connectivity index (χ0n) is 22.4. The van der Waals surface area contributed by atoms with E-state index in [1.165, 1.54) is 6.20 Å². The highest BCUT2D eigenvalue weighted by Gasteiger charge is 2.37. The Morgan fingerprint density at radius 2 is 1.71 bits per heavy atom. The predicted octanol–water partition coefficient (Wildman–Crippen LogP) is 4.59. The lowest BCUT2D eigenvalue weighted by Gasteiger charge is -2.30. The van der Waals surface area contributed by atoms with Gasteiger partial charge in [-0.1, -0.05) is 23.5 Å². The molecule has 12 heteroatoms. The molecule has 6 rings (SSSR count). The molecule has 3 fully saturated rings. The van der Waals surface area contributed by atoms with Gasteiger partial charge < -0.3 is 19.1 Å². The SMILES string of the molecule is O=C(Nc1ncc(Oc2ccc(C(=O)N3CCC3)cc2)s1)C(OC1CCOCC1)c1ccc(S(=O)(=O)C2CC2)cc1. The van der Waals surface area contributed by atoms with Gasteiger partial charge in [0.1, 0.15) is 5.75 Å². The van der Waals surface area contributed by atoms with Gasteiger partial charge in [-0.25, -0.2) is 13.4 Å². The first-order valence-corrected chi connectivity index (χ1v) is 16.1. The van der Waals surface area contributed by atoms with Crippen molar-refractivity contribution in [2.24, 2.45) is 0 Å². The molecule has 3 aromatic rings. The van der Waals surface area contributed by atoms with Crippen molar-refractivity contribution in [1.29, 1.82) is 0 Å². The lowest BCUT2D eigenvalue weighted by Crippen LogP contribution is -2.41. The molecule has 2 aromatic carbocycles. The summed E-state index contributed by atoms with van der Waals surface area (Å²) < 4.78 is 42.8. The van der Waals surface area contributed by atoms with Crippen LogP contribution < -0.4 is 10.1 Å². The van der Waals surface area contributed by atoms with E-state index in [2.05, 4.69) is 10.3 Å². The Hall–Kier alpha value is -3.32. The van der Waals surface area contributed by atoms with E-state index < -0.39 is 21.8 Å². The molecule has 2 aliphatic heterocycles. The summed E-state index contributed by atoms with van der Waals surface area (Å²) in [4.78, 5) is 32.2. The van der Waals surface area contributed by atoms with Crippen LogP contribution in [0.15, 0.2) is 59.6 Å². The molecule has 0 bridgehead atoms. The molecule has 2 saturated heterocycles. The smallest absolute Gasteiger partial charge is 0.259 e. The van der Waals surface area contributed by atoms with Gasteiger partial charge >= 0.3 is 0 Å². The van der Waals surface area contributed by atoms with Gasteiger partial charge in [0.15, 0.2) is 21.1 Å². The topological polar surface area (TPSA) is 124 Å². The molecule has 3 aliphatic rings. The molecular weight excluding hydrogens is 566 g/mol. The molecule has 216 valence electrons. The van der Waals surface area contributed by atoms with Crippen LogP contribution >= 0.6 is 11.3 Å². The van der Waals surface area contributed by atoms with Crippen molar-refractivity contribution in [2.45, 2.75) is 54.5 Å². The first-order valence-electron chi connectivity index (χ1n) is 13.8. The van der Waals surface area contributed by atoms with E-state index >= 15 is 0 Å². The molecule has 1 aliphatic carbocycles. The summed E-state index contributed by atoms with van der Waals surface area (Å²) in [5.41, 5.74) is 1.17. The Morgan fingerprint density at radius 1 is 1.00 bits per heavy atom. The van der Waals surface area contributed by atoms with E-state index in [1.807, 2.05) is 0 Å². The molecule has 41 heavy (non-hydrogen) atoms. The van der Waals surface area contributed by atoms with Gasteiger partial charge in [0.05, 0.1) is 22.4 Å². The molecule has 1 N–H and O–H groups in total. The van der Waals surface area contributed by atoms with Crippen LogP contribution in [-0.2, 0) is 24.1 Å². The quantitative estimate of drug-likeness (QED) is 0.360. The minimum absolute atomic E-state index is 0.0160. The number of nitrogens with one attached hydrogen (secondary N) is 1. The first-order chi connectivity index (χ1) is 19.9. The molecular formula is C29H31N3O7S2. The Kier molecular flexibility index (Phi) is 8.07. The first kappa shape index (κ1) is 27.8. The Labute approximate surface area is 242 Å². The van der Waals surface area contributed by atoms with Crippen molar-refractivity contribution in [3.05, 3.63) is 65.9 Å². The average molecular weight is 598 g/mol. The number of benzene rings is 2. The monoisotopic (exact) mass is 597 g/mol. The van der Waals surface area contributed by atoms with Gasteiger partial charge in [-0.3, -0.25) is 14.9 Å². The maximum atomic E-state index is 13.4. The van der Waals surface area contributed by atoms with Crippen LogP contribution in [-0.4, -0.2) is 67.8 Å². The fourth-order valence-electron chi connectivity index (χ4n) is 4.72. The highest BCUT2D eigenvalue weighted by atomic mass is 32.2. The Balaban J connectivity index is 1.13. The number of aromatic nitrogens is 1. The van der Waals surface area contributed by atoms with E-state index in [1.54, 1.807) is 53.4 Å². The summed E-state index contributed by atoms with van der Waals surface area (Å²) in [5, 5.41) is 3.32. The van der Waals surface area contributed by atoms with Crippen LogP contribution in [0.5, 0.6) is 10.8 Å². The highest BCUT2D eigenvalue weighted by molar-refractivity contribution is 7.92. The third-order valence-electron chi connectivity index (χ3n) is 7.39. The summed E-state index contributed by atoms with van der Waals surface area (Å²) in [6, 6.07) is 13.3. The molecule has 1 atom stereocenters. The number of anilines is 1. The zero-order chi connectivity index (χ0) is 28.4. The normalized spacial score (nSPS) is 18.4. The molecule has 0 spiro atoms. The minimum Gasteiger partial charge on any atom is -0.445 e. The van der Waals surface area contributed by atoms with E-state index in [0.717, 1.165) is 30.8 Å². The molecule has 0 radical (unpaired) electrons. The second kappa shape index (κ2) is 11.9. The van der Waals surface area contributed by atoms with Gasteiger partial charge in [0.25, 0.3) is 11.8 Å². The zero-order valence-corrected chi connectivity index (χ0v) is 24.0. The van der Waals surface area contributed by atoms with Gasteiger partial charge in [-0.2, -0.15) is 0 Å². The van der Waals surface area contributed by atoms with Crippen LogP contribution in [0.1, 0.15) is 54.1 Å². The number of likely N-dealkylation sites (tertiary alicyclic amines) is 1. The molecule has 1 saturated carbocycles. The number of rotatable bonds is 10. The fourth-order valence-corrected chi connectivity index (χ4v) is 7.07. The van der Waals surface area contributed by atoms with Crippen molar-refractivity contribution in [2.75, 3.05) is 31.6 Å². The number of carbonyl (C=O) groups is 2. The molecule has 2 amide bonds. The number of hydrogen-bond donors (Lipinski definition) is 1. The van der Waals surface area contributed by atoms with Crippen molar-refractivity contribution in [3.63, 3.8) is 0 Å². The summed E-state index contributed by atoms with van der Waals surface area (Å²) in [6.45, 7) is 2.69. The number of ether oxygens (including phenoxy) is 3.